The van der Waals surface area contributed by atoms with E-state index in [0.29, 0.717) is 13.2 Å². The first-order valence-corrected chi connectivity index (χ1v) is 6.39. The number of amides is 1. The first-order valence-electron chi connectivity index (χ1n) is 6.39. The minimum Gasteiger partial charge on any atom is -0.494 e. The van der Waals surface area contributed by atoms with Crippen LogP contribution in [0.2, 0.25) is 0 Å². The summed E-state index contributed by atoms with van der Waals surface area (Å²) in [7, 11) is 0. The van der Waals surface area contributed by atoms with Crippen molar-refractivity contribution >= 4 is 11.9 Å². The monoisotopic (exact) mass is 281 g/mol. The lowest BCUT2D eigenvalue weighted by Gasteiger charge is -2.06. The van der Waals surface area contributed by atoms with Gasteiger partial charge in [-0.2, -0.15) is 0 Å². The zero-order chi connectivity index (χ0) is 14.8. The molecule has 2 N–H and O–H groups in total. The molecule has 0 aliphatic rings. The summed E-state index contributed by atoms with van der Waals surface area (Å²) >= 11 is 0. The van der Waals surface area contributed by atoms with Gasteiger partial charge in [-0.05, 0) is 24.6 Å². The van der Waals surface area contributed by atoms with Crippen molar-refractivity contribution in [1.82, 2.24) is 5.32 Å². The molecule has 0 aliphatic heterocycles. The van der Waals surface area contributed by atoms with E-state index in [-0.39, 0.29) is 25.5 Å². The number of carbonyl (C=O) groups is 2. The quantitative estimate of drug-likeness (QED) is 0.655. The van der Waals surface area contributed by atoms with E-state index in [0.717, 1.165) is 11.3 Å². The highest BCUT2D eigenvalue weighted by atomic mass is 16.5. The molecule has 0 saturated carbocycles. The molecule has 1 amide bonds. The van der Waals surface area contributed by atoms with E-state index < -0.39 is 5.97 Å². The number of benzene rings is 1. The average Bonchev–Trinajstić information content (AvgIpc) is 2.40. The van der Waals surface area contributed by atoms with Gasteiger partial charge in [0, 0.05) is 6.54 Å². The Bertz CT molecular complexity index is 430. The second-order valence-corrected chi connectivity index (χ2v) is 4.05. The van der Waals surface area contributed by atoms with Crippen LogP contribution in [0.4, 0.5) is 0 Å². The molecule has 20 heavy (non-hydrogen) atoms. The van der Waals surface area contributed by atoms with E-state index in [2.05, 4.69) is 5.32 Å². The summed E-state index contributed by atoms with van der Waals surface area (Å²) in [6, 6.07) is 7.32. The van der Waals surface area contributed by atoms with Gasteiger partial charge in [0.2, 0.25) is 5.91 Å². The Balaban J connectivity index is 2.22. The molecule has 0 spiro atoms. The molecule has 0 aromatic heterocycles. The number of hydrogen-bond donors (Lipinski definition) is 2. The predicted molar refractivity (Wildman–Crippen MR) is 72.8 cm³/mol. The predicted octanol–water partition coefficient (Wildman–Crippen LogP) is 0.845. The minimum absolute atomic E-state index is 0.131. The van der Waals surface area contributed by atoms with Gasteiger partial charge in [-0.3, -0.25) is 4.79 Å². The van der Waals surface area contributed by atoms with Crippen LogP contribution in [0.5, 0.6) is 5.75 Å². The standard InChI is InChI=1S/C14H19NO5/c1-2-20-12-5-3-11(4-6-12)9-13(16)15-7-8-19-10-14(17)18/h3-6H,2,7-10H2,1H3,(H,15,16)(H,17,18). The number of ether oxygens (including phenoxy) is 2. The maximum atomic E-state index is 11.6. The number of aliphatic carboxylic acids is 1. The van der Waals surface area contributed by atoms with E-state index in [1.54, 1.807) is 0 Å². The Morgan fingerprint density at radius 2 is 1.95 bits per heavy atom. The Labute approximate surface area is 117 Å². The third-order valence-corrected chi connectivity index (χ3v) is 2.39. The molecule has 0 unspecified atom stereocenters. The van der Waals surface area contributed by atoms with Gasteiger partial charge in [0.05, 0.1) is 19.6 Å². The van der Waals surface area contributed by atoms with Gasteiger partial charge in [-0.1, -0.05) is 12.1 Å². The van der Waals surface area contributed by atoms with Crippen LogP contribution in [0.15, 0.2) is 24.3 Å². The SMILES string of the molecule is CCOc1ccc(CC(=O)NCCOCC(=O)O)cc1. The molecular formula is C14H19NO5. The van der Waals surface area contributed by atoms with Crippen LogP contribution < -0.4 is 10.1 Å². The van der Waals surface area contributed by atoms with Gasteiger partial charge in [0.25, 0.3) is 0 Å². The highest BCUT2D eigenvalue weighted by Crippen LogP contribution is 2.12. The second-order valence-electron chi connectivity index (χ2n) is 4.05. The molecule has 1 aromatic rings. The average molecular weight is 281 g/mol. The summed E-state index contributed by atoms with van der Waals surface area (Å²) in [5.41, 5.74) is 0.886. The third kappa shape index (κ3) is 6.75. The molecule has 1 aromatic carbocycles. The summed E-state index contributed by atoms with van der Waals surface area (Å²) in [6.45, 7) is 2.64. The smallest absolute Gasteiger partial charge is 0.329 e. The molecule has 0 bridgehead atoms. The molecule has 6 heteroatoms. The second kappa shape index (κ2) is 8.92. The third-order valence-electron chi connectivity index (χ3n) is 2.39. The summed E-state index contributed by atoms with van der Waals surface area (Å²) in [5, 5.41) is 11.0. The number of hydrogen-bond acceptors (Lipinski definition) is 4. The molecule has 0 saturated heterocycles. The van der Waals surface area contributed by atoms with Crippen molar-refractivity contribution in [2.75, 3.05) is 26.4 Å². The fourth-order valence-corrected chi connectivity index (χ4v) is 1.54. The van der Waals surface area contributed by atoms with Crippen LogP contribution in [-0.2, 0) is 20.7 Å². The first kappa shape index (κ1) is 16.0. The van der Waals surface area contributed by atoms with Gasteiger partial charge in [0.15, 0.2) is 0 Å². The fourth-order valence-electron chi connectivity index (χ4n) is 1.54. The summed E-state index contributed by atoms with van der Waals surface area (Å²) in [5.74, 6) is -0.377. The number of nitrogens with one attached hydrogen (secondary N) is 1. The normalized spacial score (nSPS) is 10.1. The van der Waals surface area contributed by atoms with Crippen molar-refractivity contribution < 1.29 is 24.2 Å². The van der Waals surface area contributed by atoms with Crippen LogP contribution in [-0.4, -0.2) is 43.3 Å². The van der Waals surface area contributed by atoms with Crippen LogP contribution in [0, 0.1) is 0 Å². The lowest BCUT2D eigenvalue weighted by atomic mass is 10.1. The van der Waals surface area contributed by atoms with Gasteiger partial charge in [0.1, 0.15) is 12.4 Å². The van der Waals surface area contributed by atoms with Crippen molar-refractivity contribution in [3.05, 3.63) is 29.8 Å². The number of carbonyl (C=O) groups excluding carboxylic acids is 1. The maximum absolute atomic E-state index is 11.6. The molecule has 0 aliphatic carbocycles. The number of carboxylic acid groups (broad SMARTS) is 1. The minimum atomic E-state index is -1.02. The van der Waals surface area contributed by atoms with Crippen molar-refractivity contribution in [1.29, 1.82) is 0 Å². The summed E-state index contributed by atoms with van der Waals surface area (Å²) in [4.78, 5) is 21.8. The molecule has 0 radical (unpaired) electrons. The Hall–Kier alpha value is -2.08. The van der Waals surface area contributed by atoms with Gasteiger partial charge >= 0.3 is 5.97 Å². The molecule has 0 atom stereocenters. The lowest BCUT2D eigenvalue weighted by molar-refractivity contribution is -0.142. The van der Waals surface area contributed by atoms with E-state index in [4.69, 9.17) is 14.6 Å². The van der Waals surface area contributed by atoms with Crippen molar-refractivity contribution in [3.8, 4) is 5.75 Å². The Morgan fingerprint density at radius 3 is 2.55 bits per heavy atom. The molecule has 0 fully saturated rings. The lowest BCUT2D eigenvalue weighted by Crippen LogP contribution is -2.29. The van der Waals surface area contributed by atoms with E-state index in [1.165, 1.54) is 0 Å². The van der Waals surface area contributed by atoms with Gasteiger partial charge < -0.3 is 19.9 Å². The Morgan fingerprint density at radius 1 is 1.25 bits per heavy atom. The van der Waals surface area contributed by atoms with Crippen LogP contribution in [0.25, 0.3) is 0 Å². The zero-order valence-electron chi connectivity index (χ0n) is 11.4. The molecule has 6 nitrogen and oxygen atoms in total. The fraction of sp³-hybridized carbons (Fsp3) is 0.429. The highest BCUT2D eigenvalue weighted by Gasteiger charge is 2.03. The van der Waals surface area contributed by atoms with Crippen molar-refractivity contribution in [3.63, 3.8) is 0 Å². The van der Waals surface area contributed by atoms with E-state index in [1.807, 2.05) is 31.2 Å². The van der Waals surface area contributed by atoms with E-state index in [9.17, 15) is 9.59 Å². The van der Waals surface area contributed by atoms with Crippen molar-refractivity contribution in [2.24, 2.45) is 0 Å². The largest absolute Gasteiger partial charge is 0.494 e. The Kier molecular flexibility index (Phi) is 7.13. The first-order chi connectivity index (χ1) is 9.61. The maximum Gasteiger partial charge on any atom is 0.329 e. The van der Waals surface area contributed by atoms with Gasteiger partial charge in [-0.25, -0.2) is 4.79 Å². The molecule has 0 heterocycles. The summed E-state index contributed by atoms with van der Waals surface area (Å²) in [6.07, 6.45) is 0.269. The van der Waals surface area contributed by atoms with E-state index >= 15 is 0 Å². The molecule has 1 rings (SSSR count). The van der Waals surface area contributed by atoms with Crippen molar-refractivity contribution in [2.45, 2.75) is 13.3 Å². The van der Waals surface area contributed by atoms with Gasteiger partial charge in [-0.15, -0.1) is 0 Å². The summed E-state index contributed by atoms with van der Waals surface area (Å²) < 4.78 is 10.1. The van der Waals surface area contributed by atoms with Crippen LogP contribution >= 0.6 is 0 Å². The number of carboxylic acids is 1. The highest BCUT2D eigenvalue weighted by molar-refractivity contribution is 5.78. The van der Waals surface area contributed by atoms with Crippen LogP contribution in [0.1, 0.15) is 12.5 Å². The topological polar surface area (TPSA) is 84.9 Å². The molecular weight excluding hydrogens is 262 g/mol. The molecule has 110 valence electrons. The zero-order valence-corrected chi connectivity index (χ0v) is 11.4. The van der Waals surface area contributed by atoms with Crippen LogP contribution in [0.3, 0.4) is 0 Å². The number of rotatable bonds is 9.